The summed E-state index contributed by atoms with van der Waals surface area (Å²) in [4.78, 5) is 24.8. The molecule has 1 aromatic heterocycles. The summed E-state index contributed by atoms with van der Waals surface area (Å²) in [5.74, 6) is -1.10. The van der Waals surface area contributed by atoms with E-state index in [0.717, 1.165) is 0 Å². The molecule has 0 aliphatic carbocycles. The van der Waals surface area contributed by atoms with Crippen LogP contribution in [0.15, 0.2) is 30.7 Å². The van der Waals surface area contributed by atoms with Crippen molar-refractivity contribution < 1.29 is 14.8 Å². The number of nitro benzene ring substituents is 1. The van der Waals surface area contributed by atoms with E-state index in [1.807, 2.05) is 0 Å². The molecule has 1 heterocycles. The number of carboxylic acid groups (broad SMARTS) is 1. The number of halogens is 1. The smallest absolute Gasteiger partial charge is 0.356 e. The monoisotopic (exact) mass is 310 g/mol. The second kappa shape index (κ2) is 6.23. The van der Waals surface area contributed by atoms with Gasteiger partial charge in [-0.05, 0) is 12.1 Å². The third-order valence-electron chi connectivity index (χ3n) is 2.71. The van der Waals surface area contributed by atoms with Crippen molar-refractivity contribution in [2.75, 3.05) is 11.9 Å². The number of benzene rings is 1. The molecule has 2 aromatic rings. The van der Waals surface area contributed by atoms with Crippen molar-refractivity contribution in [1.29, 1.82) is 0 Å². The van der Waals surface area contributed by atoms with E-state index < -0.39 is 10.9 Å². The summed E-state index contributed by atoms with van der Waals surface area (Å²) >= 11 is 5.80. The molecule has 0 aliphatic heterocycles. The minimum atomic E-state index is -1.10. The first kappa shape index (κ1) is 14.8. The molecule has 0 spiro atoms. The average molecular weight is 311 g/mol. The highest BCUT2D eigenvalue weighted by Gasteiger charge is 2.17. The van der Waals surface area contributed by atoms with E-state index in [-0.39, 0.29) is 16.4 Å². The number of hydrogen-bond donors (Lipinski definition) is 2. The molecule has 0 atom stereocenters. The van der Waals surface area contributed by atoms with E-state index in [0.29, 0.717) is 18.8 Å². The minimum absolute atomic E-state index is 0.0521. The van der Waals surface area contributed by atoms with Gasteiger partial charge in [0.15, 0.2) is 5.69 Å². The third kappa shape index (κ3) is 3.48. The summed E-state index contributed by atoms with van der Waals surface area (Å²) in [6.45, 7) is 0.764. The predicted molar refractivity (Wildman–Crippen MR) is 75.8 cm³/mol. The number of rotatable bonds is 6. The molecule has 8 nitrogen and oxygen atoms in total. The van der Waals surface area contributed by atoms with Gasteiger partial charge >= 0.3 is 11.7 Å². The molecule has 2 N–H and O–H groups in total. The zero-order valence-electron chi connectivity index (χ0n) is 10.7. The van der Waals surface area contributed by atoms with E-state index in [1.165, 1.54) is 18.6 Å². The Balaban J connectivity index is 2.02. The van der Waals surface area contributed by atoms with Gasteiger partial charge in [-0.1, -0.05) is 17.7 Å². The average Bonchev–Trinajstić information content (AvgIpc) is 2.87. The Hall–Kier alpha value is -2.61. The summed E-state index contributed by atoms with van der Waals surface area (Å²) in [5.41, 5.74) is 0.0748. The Morgan fingerprint density at radius 1 is 1.52 bits per heavy atom. The number of aromatic nitrogens is 2. The molecule has 0 saturated carbocycles. The number of para-hydroxylation sites is 1. The SMILES string of the molecule is O=C(O)c1cn(CCNc2cccc(Cl)c2[N+](=O)[O-])cn1. The van der Waals surface area contributed by atoms with Gasteiger partial charge in [0, 0.05) is 19.3 Å². The number of anilines is 1. The Labute approximate surface area is 124 Å². The largest absolute Gasteiger partial charge is 0.476 e. The quantitative estimate of drug-likeness (QED) is 0.625. The molecular formula is C12H11ClN4O4. The number of carboxylic acids is 1. The zero-order valence-corrected chi connectivity index (χ0v) is 11.4. The predicted octanol–water partition coefficient (Wildman–Crippen LogP) is 2.25. The van der Waals surface area contributed by atoms with E-state index >= 15 is 0 Å². The van der Waals surface area contributed by atoms with Gasteiger partial charge in [-0.3, -0.25) is 10.1 Å². The van der Waals surface area contributed by atoms with Crippen LogP contribution in [-0.4, -0.2) is 32.1 Å². The summed E-state index contributed by atoms with van der Waals surface area (Å²) in [6, 6.07) is 4.61. The minimum Gasteiger partial charge on any atom is -0.476 e. The number of aromatic carboxylic acids is 1. The van der Waals surface area contributed by atoms with Gasteiger partial charge in [-0.2, -0.15) is 0 Å². The zero-order chi connectivity index (χ0) is 15.4. The fourth-order valence-corrected chi connectivity index (χ4v) is 2.00. The highest BCUT2D eigenvalue weighted by Crippen LogP contribution is 2.31. The van der Waals surface area contributed by atoms with Gasteiger partial charge in [-0.15, -0.1) is 0 Å². The van der Waals surface area contributed by atoms with Gasteiger partial charge < -0.3 is 15.0 Å². The molecule has 9 heteroatoms. The number of imidazole rings is 1. The van der Waals surface area contributed by atoms with Crippen molar-refractivity contribution in [3.63, 3.8) is 0 Å². The van der Waals surface area contributed by atoms with Crippen LogP contribution >= 0.6 is 11.6 Å². The second-order valence-corrected chi connectivity index (χ2v) is 4.53. The van der Waals surface area contributed by atoms with Crippen LogP contribution in [-0.2, 0) is 6.54 Å². The van der Waals surface area contributed by atoms with Crippen LogP contribution in [0.1, 0.15) is 10.5 Å². The lowest BCUT2D eigenvalue weighted by molar-refractivity contribution is -0.383. The summed E-state index contributed by atoms with van der Waals surface area (Å²) < 4.78 is 1.58. The molecule has 0 bridgehead atoms. The van der Waals surface area contributed by atoms with Gasteiger partial charge in [0.25, 0.3) is 0 Å². The van der Waals surface area contributed by atoms with Crippen molar-refractivity contribution in [2.45, 2.75) is 6.54 Å². The molecule has 21 heavy (non-hydrogen) atoms. The van der Waals surface area contributed by atoms with Crippen LogP contribution in [0.4, 0.5) is 11.4 Å². The maximum absolute atomic E-state index is 11.0. The molecule has 0 saturated heterocycles. The van der Waals surface area contributed by atoms with Crippen LogP contribution < -0.4 is 5.32 Å². The Kier molecular flexibility index (Phi) is 4.39. The lowest BCUT2D eigenvalue weighted by Gasteiger charge is -2.08. The molecule has 0 radical (unpaired) electrons. The fourth-order valence-electron chi connectivity index (χ4n) is 1.76. The van der Waals surface area contributed by atoms with Gasteiger partial charge in [0.05, 0.1) is 11.3 Å². The van der Waals surface area contributed by atoms with E-state index in [2.05, 4.69) is 10.3 Å². The lowest BCUT2D eigenvalue weighted by atomic mass is 10.2. The van der Waals surface area contributed by atoms with Crippen LogP contribution in [0, 0.1) is 10.1 Å². The molecule has 2 rings (SSSR count). The van der Waals surface area contributed by atoms with Gasteiger partial charge in [-0.25, -0.2) is 9.78 Å². The number of nitrogens with one attached hydrogen (secondary N) is 1. The highest BCUT2D eigenvalue weighted by atomic mass is 35.5. The Morgan fingerprint density at radius 2 is 2.29 bits per heavy atom. The maximum Gasteiger partial charge on any atom is 0.356 e. The molecule has 0 fully saturated rings. The summed E-state index contributed by atoms with van der Waals surface area (Å²) in [5, 5.41) is 22.7. The van der Waals surface area contributed by atoms with Crippen molar-refractivity contribution >= 4 is 28.9 Å². The van der Waals surface area contributed by atoms with Crippen LogP contribution in [0.25, 0.3) is 0 Å². The third-order valence-corrected chi connectivity index (χ3v) is 3.01. The first-order valence-corrected chi connectivity index (χ1v) is 6.28. The second-order valence-electron chi connectivity index (χ2n) is 4.12. The first-order valence-electron chi connectivity index (χ1n) is 5.91. The van der Waals surface area contributed by atoms with Crippen LogP contribution in [0.5, 0.6) is 0 Å². The highest BCUT2D eigenvalue weighted by molar-refractivity contribution is 6.33. The first-order chi connectivity index (χ1) is 9.99. The maximum atomic E-state index is 11.0. The van der Waals surface area contributed by atoms with Crippen molar-refractivity contribution in [3.05, 3.63) is 51.6 Å². The van der Waals surface area contributed by atoms with Crippen LogP contribution in [0.3, 0.4) is 0 Å². The Bertz CT molecular complexity index is 686. The summed E-state index contributed by atoms with van der Waals surface area (Å²) in [6.07, 6.45) is 2.77. The van der Waals surface area contributed by atoms with E-state index in [4.69, 9.17) is 16.7 Å². The standard InChI is InChI=1S/C12H11ClN4O4/c13-8-2-1-3-9(11(8)17(20)21)14-4-5-16-6-10(12(18)19)15-7-16/h1-3,6-7,14H,4-5H2,(H,18,19). The molecule has 0 amide bonds. The topological polar surface area (TPSA) is 110 Å². The van der Waals surface area contributed by atoms with E-state index in [9.17, 15) is 14.9 Å². The molecule has 110 valence electrons. The molecule has 1 aromatic carbocycles. The number of carbonyl (C=O) groups is 1. The normalized spacial score (nSPS) is 10.3. The summed E-state index contributed by atoms with van der Waals surface area (Å²) in [7, 11) is 0. The fraction of sp³-hybridized carbons (Fsp3) is 0.167. The Morgan fingerprint density at radius 3 is 2.90 bits per heavy atom. The van der Waals surface area contributed by atoms with Crippen LogP contribution in [0.2, 0.25) is 5.02 Å². The molecule has 0 unspecified atom stereocenters. The number of nitrogens with zero attached hydrogens (tertiary/aromatic N) is 3. The number of nitro groups is 1. The van der Waals surface area contributed by atoms with Crippen molar-refractivity contribution in [1.82, 2.24) is 9.55 Å². The molecular weight excluding hydrogens is 300 g/mol. The van der Waals surface area contributed by atoms with Crippen molar-refractivity contribution in [2.24, 2.45) is 0 Å². The van der Waals surface area contributed by atoms with E-state index in [1.54, 1.807) is 16.7 Å². The number of hydrogen-bond acceptors (Lipinski definition) is 5. The van der Waals surface area contributed by atoms with Gasteiger partial charge in [0.1, 0.15) is 10.7 Å². The lowest BCUT2D eigenvalue weighted by Crippen LogP contribution is -2.10. The van der Waals surface area contributed by atoms with Crippen molar-refractivity contribution in [3.8, 4) is 0 Å². The van der Waals surface area contributed by atoms with Gasteiger partial charge in [0.2, 0.25) is 0 Å². The molecule has 0 aliphatic rings.